The Bertz CT molecular complexity index is 847. The fourth-order valence-electron chi connectivity index (χ4n) is 4.48. The van der Waals surface area contributed by atoms with E-state index in [1.165, 1.54) is 6.33 Å². The summed E-state index contributed by atoms with van der Waals surface area (Å²) >= 11 is 12.0. The molecule has 2 bridgehead atoms. The fourth-order valence-corrected chi connectivity index (χ4v) is 4.77. The minimum Gasteiger partial charge on any atom is -0.373 e. The van der Waals surface area contributed by atoms with Gasteiger partial charge in [-0.2, -0.15) is 0 Å². The van der Waals surface area contributed by atoms with Crippen molar-refractivity contribution in [2.24, 2.45) is 17.8 Å². The number of halogens is 2. The van der Waals surface area contributed by atoms with Gasteiger partial charge in [-0.1, -0.05) is 23.2 Å². The maximum absolute atomic E-state index is 13.0. The summed E-state index contributed by atoms with van der Waals surface area (Å²) in [6.45, 7) is 0. The summed E-state index contributed by atoms with van der Waals surface area (Å²) in [5, 5.41) is 3.85. The lowest BCUT2D eigenvalue weighted by molar-refractivity contribution is -0.122. The van der Waals surface area contributed by atoms with Crippen molar-refractivity contribution < 1.29 is 9.53 Å². The summed E-state index contributed by atoms with van der Waals surface area (Å²) < 4.78 is 6.15. The van der Waals surface area contributed by atoms with Crippen molar-refractivity contribution in [3.05, 3.63) is 52.5 Å². The van der Waals surface area contributed by atoms with Crippen LogP contribution in [0.3, 0.4) is 0 Å². The summed E-state index contributed by atoms with van der Waals surface area (Å²) in [4.78, 5) is 21.3. The van der Waals surface area contributed by atoms with E-state index in [1.807, 2.05) is 0 Å². The van der Waals surface area contributed by atoms with Crippen molar-refractivity contribution in [2.75, 3.05) is 5.32 Å². The average molecular weight is 376 g/mol. The number of benzene rings is 1. The van der Waals surface area contributed by atoms with Crippen LogP contribution < -0.4 is 5.32 Å². The zero-order chi connectivity index (χ0) is 17.1. The van der Waals surface area contributed by atoms with Gasteiger partial charge < -0.3 is 10.1 Å². The van der Waals surface area contributed by atoms with E-state index in [0.717, 1.165) is 12.0 Å². The van der Waals surface area contributed by atoms with E-state index in [0.29, 0.717) is 27.6 Å². The molecule has 1 saturated carbocycles. The van der Waals surface area contributed by atoms with Crippen molar-refractivity contribution >= 4 is 34.8 Å². The number of hydrogen-bond donors (Lipinski definition) is 1. The Balaban J connectivity index is 1.44. The van der Waals surface area contributed by atoms with Crippen LogP contribution in [0.4, 0.5) is 5.69 Å². The molecular formula is C18H15Cl2N3O2. The molecule has 1 N–H and O–H groups in total. The normalized spacial score (nSPS) is 34.6. The third-order valence-electron chi connectivity index (χ3n) is 5.60. The highest BCUT2D eigenvalue weighted by atomic mass is 35.5. The van der Waals surface area contributed by atoms with Gasteiger partial charge in [0.2, 0.25) is 5.91 Å². The molecule has 1 aromatic carbocycles. The number of fused-ring (bicyclic) bond motifs is 5. The Morgan fingerprint density at radius 3 is 2.64 bits per heavy atom. The molecular weight excluding hydrogens is 361 g/mol. The average Bonchev–Trinajstić information content (AvgIpc) is 3.23. The van der Waals surface area contributed by atoms with Crippen molar-refractivity contribution in [3.63, 3.8) is 0 Å². The third-order valence-corrected chi connectivity index (χ3v) is 6.34. The summed E-state index contributed by atoms with van der Waals surface area (Å²) in [6, 6.07) is 5.09. The largest absolute Gasteiger partial charge is 0.373 e. The minimum absolute atomic E-state index is 0.00211. The first-order valence-electron chi connectivity index (χ1n) is 8.30. The molecule has 25 heavy (non-hydrogen) atoms. The molecule has 1 aliphatic carbocycles. The van der Waals surface area contributed by atoms with Crippen LogP contribution in [0.15, 0.2) is 36.9 Å². The lowest BCUT2D eigenvalue weighted by atomic mass is 9.75. The van der Waals surface area contributed by atoms with Crippen LogP contribution in [0.1, 0.15) is 17.9 Å². The van der Waals surface area contributed by atoms with Crippen LogP contribution in [0, 0.1) is 17.8 Å². The Morgan fingerprint density at radius 1 is 1.12 bits per heavy atom. The molecule has 0 unspecified atom stereocenters. The predicted octanol–water partition coefficient (Wildman–Crippen LogP) is 3.54. The number of anilines is 1. The number of amides is 1. The Kier molecular flexibility index (Phi) is 3.52. The second kappa shape index (κ2) is 5.66. The lowest BCUT2D eigenvalue weighted by Gasteiger charge is -2.26. The maximum Gasteiger partial charge on any atom is 0.230 e. The molecule has 7 heteroatoms. The number of aromatic nitrogens is 2. The van der Waals surface area contributed by atoms with Crippen LogP contribution in [-0.4, -0.2) is 28.1 Å². The number of nitrogens with one attached hydrogen (secondary N) is 1. The van der Waals surface area contributed by atoms with Gasteiger partial charge in [-0.25, -0.2) is 9.97 Å². The molecule has 2 aliphatic heterocycles. The van der Waals surface area contributed by atoms with Gasteiger partial charge in [0, 0.05) is 24.0 Å². The highest BCUT2D eigenvalue weighted by molar-refractivity contribution is 6.42. The summed E-state index contributed by atoms with van der Waals surface area (Å²) in [7, 11) is 0. The van der Waals surface area contributed by atoms with Gasteiger partial charge in [0.1, 0.15) is 6.33 Å². The molecule has 3 fully saturated rings. The Morgan fingerprint density at radius 2 is 1.88 bits per heavy atom. The van der Waals surface area contributed by atoms with Gasteiger partial charge in [0.25, 0.3) is 0 Å². The van der Waals surface area contributed by atoms with Gasteiger partial charge in [-0.05, 0) is 42.0 Å². The third kappa shape index (κ3) is 2.45. The highest BCUT2D eigenvalue weighted by Gasteiger charge is 2.68. The molecule has 2 aromatic rings. The molecule has 128 valence electrons. The quantitative estimate of drug-likeness (QED) is 0.890. The highest BCUT2D eigenvalue weighted by Crippen LogP contribution is 2.65. The van der Waals surface area contributed by atoms with Crippen molar-refractivity contribution in [1.82, 2.24) is 9.97 Å². The van der Waals surface area contributed by atoms with E-state index in [-0.39, 0.29) is 30.0 Å². The minimum atomic E-state index is -0.241. The Labute approximate surface area is 154 Å². The van der Waals surface area contributed by atoms with Gasteiger partial charge in [0.15, 0.2) is 0 Å². The lowest BCUT2D eigenvalue weighted by Crippen LogP contribution is -2.37. The molecule has 1 amide bonds. The van der Waals surface area contributed by atoms with Gasteiger partial charge in [-0.15, -0.1) is 0 Å². The van der Waals surface area contributed by atoms with Gasteiger partial charge in [0.05, 0.1) is 28.2 Å². The van der Waals surface area contributed by atoms with E-state index >= 15 is 0 Å². The van der Waals surface area contributed by atoms with Crippen LogP contribution in [0.25, 0.3) is 0 Å². The van der Waals surface area contributed by atoms with E-state index in [2.05, 4.69) is 15.3 Å². The predicted molar refractivity (Wildman–Crippen MR) is 93.6 cm³/mol. The monoisotopic (exact) mass is 375 g/mol. The molecule has 1 aromatic heterocycles. The molecule has 3 heterocycles. The molecule has 5 nitrogen and oxygen atoms in total. The molecule has 6 atom stereocenters. The zero-order valence-electron chi connectivity index (χ0n) is 13.1. The molecule has 0 spiro atoms. The van der Waals surface area contributed by atoms with Crippen molar-refractivity contribution in [1.29, 1.82) is 0 Å². The van der Waals surface area contributed by atoms with E-state index in [9.17, 15) is 4.79 Å². The number of nitrogens with zero attached hydrogens (tertiary/aromatic N) is 2. The number of carbonyl (C=O) groups excluding carboxylic acids is 1. The Hall–Kier alpha value is -1.69. The standard InChI is InChI=1S/C18H15Cl2N3O2/c19-12-2-1-9(3-13(12)20)23-18(24)15-14(8-5-21-7-22-6-8)16-10-4-11(10)17(15)25-16/h1-3,5-7,10-11,14-17H,4H2,(H,23,24)/t10-,11+,14+,15+,16-,17+/m1/s1. The van der Waals surface area contributed by atoms with Gasteiger partial charge in [-0.3, -0.25) is 4.79 Å². The smallest absolute Gasteiger partial charge is 0.230 e. The second-order valence-corrected chi connectivity index (χ2v) is 7.78. The SMILES string of the molecule is O=C(Nc1ccc(Cl)c(Cl)c1)[C@@H]1[C@H]2O[C@H]([C@@H]3C[C@@H]32)[C@H]1c1cncnc1. The molecule has 0 radical (unpaired) electrons. The van der Waals surface area contributed by atoms with Crippen LogP contribution in [0.5, 0.6) is 0 Å². The first kappa shape index (κ1) is 15.6. The number of rotatable bonds is 3. The topological polar surface area (TPSA) is 64.1 Å². The molecule has 2 saturated heterocycles. The number of carbonyl (C=O) groups is 1. The maximum atomic E-state index is 13.0. The summed E-state index contributed by atoms with van der Waals surface area (Å²) in [5.74, 6) is 0.789. The van der Waals surface area contributed by atoms with Crippen LogP contribution >= 0.6 is 23.2 Å². The summed E-state index contributed by atoms with van der Waals surface area (Å²) in [6.07, 6.45) is 6.30. The number of hydrogen-bond acceptors (Lipinski definition) is 4. The van der Waals surface area contributed by atoms with E-state index in [1.54, 1.807) is 30.6 Å². The number of ether oxygens (including phenoxy) is 1. The molecule has 5 rings (SSSR count). The molecule has 3 aliphatic rings. The summed E-state index contributed by atoms with van der Waals surface area (Å²) in [5.41, 5.74) is 1.60. The van der Waals surface area contributed by atoms with Crippen molar-refractivity contribution in [2.45, 2.75) is 24.5 Å². The first-order valence-corrected chi connectivity index (χ1v) is 9.05. The van der Waals surface area contributed by atoms with Crippen LogP contribution in [0.2, 0.25) is 10.0 Å². The van der Waals surface area contributed by atoms with Crippen molar-refractivity contribution in [3.8, 4) is 0 Å². The van der Waals surface area contributed by atoms with Crippen LogP contribution in [-0.2, 0) is 9.53 Å². The van der Waals surface area contributed by atoms with E-state index in [4.69, 9.17) is 27.9 Å². The first-order chi connectivity index (χ1) is 12.1. The van der Waals surface area contributed by atoms with E-state index < -0.39 is 0 Å². The second-order valence-electron chi connectivity index (χ2n) is 6.97. The fraction of sp³-hybridized carbons (Fsp3) is 0.389. The van der Waals surface area contributed by atoms with Gasteiger partial charge >= 0.3 is 0 Å². The zero-order valence-corrected chi connectivity index (χ0v) is 14.6.